The number of aliphatic hydroxyl groups is 1. The van der Waals surface area contributed by atoms with Crippen molar-refractivity contribution in [3.63, 3.8) is 0 Å². The van der Waals surface area contributed by atoms with Crippen LogP contribution in [0.5, 0.6) is 0 Å². The summed E-state index contributed by atoms with van der Waals surface area (Å²) < 4.78 is 0. The summed E-state index contributed by atoms with van der Waals surface area (Å²) in [5, 5.41) is 11.0. The number of benzene rings is 2. The minimum atomic E-state index is -0.598. The third-order valence-electron chi connectivity index (χ3n) is 5.09. The summed E-state index contributed by atoms with van der Waals surface area (Å²) in [6.07, 6.45) is 1.95. The first kappa shape index (κ1) is 18.1. The fourth-order valence-corrected chi connectivity index (χ4v) is 4.11. The fourth-order valence-electron chi connectivity index (χ4n) is 4.11. The Bertz CT molecular complexity index is 604. The third-order valence-corrected chi connectivity index (χ3v) is 5.09. The van der Waals surface area contributed by atoms with Gasteiger partial charge in [-0.05, 0) is 44.6 Å². The van der Waals surface area contributed by atoms with Gasteiger partial charge in [-0.2, -0.15) is 0 Å². The Morgan fingerprint density at radius 3 is 2.08 bits per heavy atom. The van der Waals surface area contributed by atoms with E-state index in [0.29, 0.717) is 5.92 Å². The zero-order valence-electron chi connectivity index (χ0n) is 15.4. The lowest BCUT2D eigenvalue weighted by Gasteiger charge is -2.42. The average Bonchev–Trinajstić information content (AvgIpc) is 2.60. The van der Waals surface area contributed by atoms with Crippen molar-refractivity contribution in [1.29, 1.82) is 0 Å². The van der Waals surface area contributed by atoms with Crippen molar-refractivity contribution in [3.8, 4) is 0 Å². The quantitative estimate of drug-likeness (QED) is 0.876. The van der Waals surface area contributed by atoms with Crippen molar-refractivity contribution in [3.05, 3.63) is 71.8 Å². The molecule has 2 aromatic carbocycles. The molecule has 134 valence electrons. The zero-order valence-corrected chi connectivity index (χ0v) is 15.4. The SMILES string of the molecule is CN(C)CC1(O)CCCN(CC(c2ccccc2)c2ccccc2)C1. The van der Waals surface area contributed by atoms with Crippen LogP contribution in [0.4, 0.5) is 0 Å². The number of likely N-dealkylation sites (N-methyl/N-ethyl adjacent to an activating group) is 1. The predicted octanol–water partition coefficient (Wildman–Crippen LogP) is 3.21. The van der Waals surface area contributed by atoms with Gasteiger partial charge < -0.3 is 10.0 Å². The molecule has 1 N–H and O–H groups in total. The van der Waals surface area contributed by atoms with E-state index in [1.807, 2.05) is 14.1 Å². The number of β-amino-alcohol motifs (C(OH)–C–C–N with tert-alkyl or cyclic N) is 1. The molecular formula is C22H30N2O. The van der Waals surface area contributed by atoms with Gasteiger partial charge in [0.15, 0.2) is 0 Å². The van der Waals surface area contributed by atoms with Crippen molar-refractivity contribution in [2.24, 2.45) is 0 Å². The van der Waals surface area contributed by atoms with Gasteiger partial charge >= 0.3 is 0 Å². The maximum absolute atomic E-state index is 11.0. The van der Waals surface area contributed by atoms with Crippen LogP contribution in [-0.4, -0.2) is 60.8 Å². The van der Waals surface area contributed by atoms with Crippen LogP contribution in [-0.2, 0) is 0 Å². The molecule has 1 unspecified atom stereocenters. The van der Waals surface area contributed by atoms with Crippen LogP contribution < -0.4 is 0 Å². The van der Waals surface area contributed by atoms with Crippen LogP contribution in [0, 0.1) is 0 Å². The van der Waals surface area contributed by atoms with Gasteiger partial charge in [0.1, 0.15) is 0 Å². The van der Waals surface area contributed by atoms with Gasteiger partial charge in [0.25, 0.3) is 0 Å². The third kappa shape index (κ3) is 4.91. The Labute approximate surface area is 151 Å². The highest BCUT2D eigenvalue weighted by molar-refractivity contribution is 5.32. The maximum Gasteiger partial charge on any atom is 0.0900 e. The topological polar surface area (TPSA) is 26.7 Å². The summed E-state index contributed by atoms with van der Waals surface area (Å²) in [4.78, 5) is 4.53. The van der Waals surface area contributed by atoms with Gasteiger partial charge in [0.2, 0.25) is 0 Å². The standard InChI is InChI=1S/C22H30N2O/c1-23(2)17-22(25)14-9-15-24(18-22)16-21(19-10-5-3-6-11-19)20-12-7-4-8-13-20/h3-8,10-13,21,25H,9,14-18H2,1-2H3. The summed E-state index contributed by atoms with van der Waals surface area (Å²) in [5.74, 6) is 0.337. The van der Waals surface area contributed by atoms with E-state index in [1.54, 1.807) is 0 Å². The van der Waals surface area contributed by atoms with Crippen LogP contribution in [0.1, 0.15) is 29.9 Å². The molecule has 1 aliphatic rings. The van der Waals surface area contributed by atoms with Crippen LogP contribution in [0.3, 0.4) is 0 Å². The molecule has 0 radical (unpaired) electrons. The van der Waals surface area contributed by atoms with E-state index in [9.17, 15) is 5.11 Å². The minimum absolute atomic E-state index is 0.337. The van der Waals surface area contributed by atoms with Gasteiger partial charge in [0, 0.05) is 25.6 Å². The van der Waals surface area contributed by atoms with Gasteiger partial charge in [-0.1, -0.05) is 60.7 Å². The zero-order chi connectivity index (χ0) is 17.7. The lowest BCUT2D eigenvalue weighted by molar-refractivity contribution is -0.0463. The lowest BCUT2D eigenvalue weighted by Crippen LogP contribution is -2.53. The Hall–Kier alpha value is -1.68. The summed E-state index contributed by atoms with van der Waals surface area (Å²) in [5.41, 5.74) is 2.09. The second-order valence-electron chi connectivity index (χ2n) is 7.67. The number of nitrogens with zero attached hydrogens (tertiary/aromatic N) is 2. The molecule has 1 fully saturated rings. The second kappa shape index (κ2) is 8.13. The van der Waals surface area contributed by atoms with Crippen LogP contribution in [0.15, 0.2) is 60.7 Å². The van der Waals surface area contributed by atoms with E-state index >= 15 is 0 Å². The number of piperidine rings is 1. The first-order valence-electron chi connectivity index (χ1n) is 9.25. The molecule has 1 aliphatic heterocycles. The molecule has 0 bridgehead atoms. The average molecular weight is 338 g/mol. The molecule has 0 spiro atoms. The van der Waals surface area contributed by atoms with Gasteiger partial charge in [-0.25, -0.2) is 0 Å². The second-order valence-corrected chi connectivity index (χ2v) is 7.67. The maximum atomic E-state index is 11.0. The Kier molecular flexibility index (Phi) is 5.89. The molecule has 3 rings (SSSR count). The Morgan fingerprint density at radius 1 is 1.00 bits per heavy atom. The van der Waals surface area contributed by atoms with E-state index in [1.165, 1.54) is 11.1 Å². The van der Waals surface area contributed by atoms with Crippen LogP contribution in [0.2, 0.25) is 0 Å². The predicted molar refractivity (Wildman–Crippen MR) is 104 cm³/mol. The largest absolute Gasteiger partial charge is 0.387 e. The van der Waals surface area contributed by atoms with Gasteiger partial charge in [-0.3, -0.25) is 4.90 Å². The van der Waals surface area contributed by atoms with Crippen molar-refractivity contribution < 1.29 is 5.11 Å². The monoisotopic (exact) mass is 338 g/mol. The molecule has 0 aliphatic carbocycles. The first-order chi connectivity index (χ1) is 12.1. The minimum Gasteiger partial charge on any atom is -0.387 e. The van der Waals surface area contributed by atoms with Crippen molar-refractivity contribution in [2.75, 3.05) is 40.3 Å². The summed E-state index contributed by atoms with van der Waals surface area (Å²) in [7, 11) is 4.07. The van der Waals surface area contributed by atoms with Crippen molar-refractivity contribution >= 4 is 0 Å². The molecule has 1 saturated heterocycles. The molecule has 0 aromatic heterocycles. The molecule has 3 heteroatoms. The summed E-state index contributed by atoms with van der Waals surface area (Å²) in [6.45, 7) is 3.49. The molecule has 1 heterocycles. The summed E-state index contributed by atoms with van der Waals surface area (Å²) in [6, 6.07) is 21.5. The van der Waals surface area contributed by atoms with E-state index in [2.05, 4.69) is 70.5 Å². The highest BCUT2D eigenvalue weighted by Gasteiger charge is 2.34. The highest BCUT2D eigenvalue weighted by atomic mass is 16.3. The van der Waals surface area contributed by atoms with E-state index in [-0.39, 0.29) is 0 Å². The normalized spacial score (nSPS) is 21.8. The van der Waals surface area contributed by atoms with E-state index < -0.39 is 5.60 Å². The Balaban J connectivity index is 1.79. The highest BCUT2D eigenvalue weighted by Crippen LogP contribution is 2.29. The number of hydrogen-bond donors (Lipinski definition) is 1. The number of likely N-dealkylation sites (tertiary alicyclic amines) is 1. The van der Waals surface area contributed by atoms with Gasteiger partial charge in [0.05, 0.1) is 5.60 Å². The molecule has 0 amide bonds. The van der Waals surface area contributed by atoms with Crippen LogP contribution >= 0.6 is 0 Å². The van der Waals surface area contributed by atoms with E-state index in [0.717, 1.165) is 39.0 Å². The smallest absolute Gasteiger partial charge is 0.0900 e. The molecule has 0 saturated carbocycles. The number of hydrogen-bond acceptors (Lipinski definition) is 3. The number of rotatable bonds is 6. The first-order valence-corrected chi connectivity index (χ1v) is 9.25. The molecule has 25 heavy (non-hydrogen) atoms. The fraction of sp³-hybridized carbons (Fsp3) is 0.455. The molecular weight excluding hydrogens is 308 g/mol. The summed E-state index contributed by atoms with van der Waals surface area (Å²) >= 11 is 0. The van der Waals surface area contributed by atoms with Crippen LogP contribution in [0.25, 0.3) is 0 Å². The molecule has 2 aromatic rings. The van der Waals surface area contributed by atoms with Crippen molar-refractivity contribution in [2.45, 2.75) is 24.4 Å². The lowest BCUT2D eigenvalue weighted by atomic mass is 9.88. The Morgan fingerprint density at radius 2 is 1.56 bits per heavy atom. The molecule has 3 nitrogen and oxygen atoms in total. The van der Waals surface area contributed by atoms with Crippen molar-refractivity contribution in [1.82, 2.24) is 9.80 Å². The van der Waals surface area contributed by atoms with E-state index in [4.69, 9.17) is 0 Å². The van der Waals surface area contributed by atoms with Gasteiger partial charge in [-0.15, -0.1) is 0 Å². The molecule has 1 atom stereocenters.